The standard InChI is InChI=1S/C22H29NO5/c1-6-18(15-11-12-20(26-4)21(13-15)27-5)23-22(24)19(7-2)28-17-10-8-9-16(14-17)25-3/h8-14,18-19H,6-7H2,1-5H3,(H,23,24)/t18-,19+/m0/s1. The molecule has 6 nitrogen and oxygen atoms in total. The number of nitrogens with one attached hydrogen (secondary N) is 1. The Balaban J connectivity index is 2.12. The lowest BCUT2D eigenvalue weighted by molar-refractivity contribution is -0.129. The van der Waals surface area contributed by atoms with Crippen LogP contribution in [0, 0.1) is 0 Å². The molecule has 0 bridgehead atoms. The predicted molar refractivity (Wildman–Crippen MR) is 108 cm³/mol. The number of benzene rings is 2. The molecule has 28 heavy (non-hydrogen) atoms. The zero-order chi connectivity index (χ0) is 20.5. The molecular weight excluding hydrogens is 358 g/mol. The summed E-state index contributed by atoms with van der Waals surface area (Å²) in [6.07, 6.45) is 0.684. The van der Waals surface area contributed by atoms with Gasteiger partial charge < -0.3 is 24.3 Å². The number of rotatable bonds is 10. The summed E-state index contributed by atoms with van der Waals surface area (Å²) in [4.78, 5) is 12.8. The highest BCUT2D eigenvalue weighted by molar-refractivity contribution is 5.81. The molecule has 0 aliphatic rings. The van der Waals surface area contributed by atoms with E-state index in [-0.39, 0.29) is 11.9 Å². The first kappa shape index (κ1) is 21.4. The Hall–Kier alpha value is -2.89. The van der Waals surface area contributed by atoms with E-state index in [0.29, 0.717) is 29.4 Å². The topological polar surface area (TPSA) is 66.0 Å². The van der Waals surface area contributed by atoms with E-state index >= 15 is 0 Å². The Kier molecular flexibility index (Phi) is 7.99. The van der Waals surface area contributed by atoms with E-state index in [1.54, 1.807) is 27.4 Å². The maximum atomic E-state index is 12.8. The molecule has 1 N–H and O–H groups in total. The van der Waals surface area contributed by atoms with Gasteiger partial charge in [-0.15, -0.1) is 0 Å². The third kappa shape index (κ3) is 5.31. The molecule has 6 heteroatoms. The van der Waals surface area contributed by atoms with Crippen molar-refractivity contribution in [2.24, 2.45) is 0 Å². The fourth-order valence-corrected chi connectivity index (χ4v) is 2.92. The van der Waals surface area contributed by atoms with Crippen molar-refractivity contribution in [1.82, 2.24) is 5.32 Å². The molecule has 2 aromatic rings. The van der Waals surface area contributed by atoms with Crippen molar-refractivity contribution >= 4 is 5.91 Å². The summed E-state index contributed by atoms with van der Waals surface area (Å²) in [5.74, 6) is 2.41. The van der Waals surface area contributed by atoms with E-state index in [2.05, 4.69) is 5.32 Å². The SMILES string of the molecule is CC[C@H](NC(=O)[C@@H](CC)Oc1cccc(OC)c1)c1ccc(OC)c(OC)c1. The van der Waals surface area contributed by atoms with E-state index in [1.165, 1.54) is 0 Å². The fraction of sp³-hybridized carbons (Fsp3) is 0.409. The van der Waals surface area contributed by atoms with Crippen molar-refractivity contribution in [3.8, 4) is 23.0 Å². The molecule has 0 heterocycles. The molecule has 0 fully saturated rings. The quantitative estimate of drug-likeness (QED) is 0.664. The van der Waals surface area contributed by atoms with Crippen LogP contribution in [0.15, 0.2) is 42.5 Å². The Morgan fingerprint density at radius 3 is 2.21 bits per heavy atom. The van der Waals surface area contributed by atoms with Gasteiger partial charge in [0.05, 0.1) is 27.4 Å². The second kappa shape index (κ2) is 10.4. The summed E-state index contributed by atoms with van der Waals surface area (Å²) >= 11 is 0. The van der Waals surface area contributed by atoms with Gasteiger partial charge >= 0.3 is 0 Å². The third-order valence-electron chi connectivity index (χ3n) is 4.52. The van der Waals surface area contributed by atoms with Crippen molar-refractivity contribution < 1.29 is 23.7 Å². The van der Waals surface area contributed by atoms with Crippen LogP contribution in [-0.4, -0.2) is 33.3 Å². The van der Waals surface area contributed by atoms with Gasteiger partial charge in [-0.3, -0.25) is 4.79 Å². The molecule has 0 unspecified atom stereocenters. The molecule has 0 aliphatic carbocycles. The van der Waals surface area contributed by atoms with Crippen molar-refractivity contribution in [3.05, 3.63) is 48.0 Å². The number of hydrogen-bond donors (Lipinski definition) is 1. The van der Waals surface area contributed by atoms with Crippen LogP contribution in [0.3, 0.4) is 0 Å². The average molecular weight is 387 g/mol. The van der Waals surface area contributed by atoms with Crippen LogP contribution in [0.1, 0.15) is 38.3 Å². The third-order valence-corrected chi connectivity index (χ3v) is 4.52. The molecule has 0 saturated carbocycles. The van der Waals surface area contributed by atoms with Crippen molar-refractivity contribution in [3.63, 3.8) is 0 Å². The normalized spacial score (nSPS) is 12.6. The summed E-state index contributed by atoms with van der Waals surface area (Å²) in [6, 6.07) is 12.7. The maximum absolute atomic E-state index is 12.8. The highest BCUT2D eigenvalue weighted by Crippen LogP contribution is 2.31. The summed E-state index contributed by atoms with van der Waals surface area (Å²) < 4.78 is 21.8. The largest absolute Gasteiger partial charge is 0.497 e. The molecule has 2 rings (SSSR count). The number of hydrogen-bond acceptors (Lipinski definition) is 5. The second-order valence-corrected chi connectivity index (χ2v) is 6.28. The van der Waals surface area contributed by atoms with Crippen LogP contribution in [-0.2, 0) is 4.79 Å². The highest BCUT2D eigenvalue weighted by atomic mass is 16.5. The van der Waals surface area contributed by atoms with Gasteiger partial charge in [0, 0.05) is 6.07 Å². The zero-order valence-corrected chi connectivity index (χ0v) is 17.2. The lowest BCUT2D eigenvalue weighted by atomic mass is 10.0. The summed E-state index contributed by atoms with van der Waals surface area (Å²) in [5.41, 5.74) is 0.949. The lowest BCUT2D eigenvalue weighted by Gasteiger charge is -2.23. The van der Waals surface area contributed by atoms with Crippen LogP contribution in [0.4, 0.5) is 0 Å². The van der Waals surface area contributed by atoms with E-state index in [0.717, 1.165) is 12.0 Å². The van der Waals surface area contributed by atoms with Crippen molar-refractivity contribution in [2.75, 3.05) is 21.3 Å². The Morgan fingerprint density at radius 1 is 0.893 bits per heavy atom. The van der Waals surface area contributed by atoms with Crippen LogP contribution in [0.5, 0.6) is 23.0 Å². The number of ether oxygens (including phenoxy) is 4. The van der Waals surface area contributed by atoms with Gasteiger partial charge in [0.1, 0.15) is 11.5 Å². The number of amides is 1. The van der Waals surface area contributed by atoms with E-state index in [9.17, 15) is 4.79 Å². The van der Waals surface area contributed by atoms with Gasteiger partial charge in [-0.05, 0) is 42.7 Å². The van der Waals surface area contributed by atoms with E-state index in [1.807, 2.05) is 50.2 Å². The monoisotopic (exact) mass is 387 g/mol. The minimum Gasteiger partial charge on any atom is -0.497 e. The lowest BCUT2D eigenvalue weighted by Crippen LogP contribution is -2.39. The Morgan fingerprint density at radius 2 is 1.61 bits per heavy atom. The smallest absolute Gasteiger partial charge is 0.261 e. The van der Waals surface area contributed by atoms with Crippen LogP contribution in [0.25, 0.3) is 0 Å². The molecule has 152 valence electrons. The van der Waals surface area contributed by atoms with Gasteiger partial charge in [0.2, 0.25) is 0 Å². The second-order valence-electron chi connectivity index (χ2n) is 6.28. The van der Waals surface area contributed by atoms with Crippen LogP contribution >= 0.6 is 0 Å². The number of carbonyl (C=O) groups is 1. The van der Waals surface area contributed by atoms with Crippen molar-refractivity contribution in [1.29, 1.82) is 0 Å². The van der Waals surface area contributed by atoms with Gasteiger partial charge in [0.25, 0.3) is 5.91 Å². The first-order valence-corrected chi connectivity index (χ1v) is 9.39. The van der Waals surface area contributed by atoms with Gasteiger partial charge in [-0.2, -0.15) is 0 Å². The Bertz CT molecular complexity index is 777. The molecule has 2 aromatic carbocycles. The summed E-state index contributed by atoms with van der Waals surface area (Å²) in [7, 11) is 4.78. The van der Waals surface area contributed by atoms with E-state index < -0.39 is 6.10 Å². The molecule has 0 saturated heterocycles. The highest BCUT2D eigenvalue weighted by Gasteiger charge is 2.23. The van der Waals surface area contributed by atoms with Gasteiger partial charge in [0.15, 0.2) is 17.6 Å². The summed E-state index contributed by atoms with van der Waals surface area (Å²) in [6.45, 7) is 3.94. The molecule has 0 radical (unpaired) electrons. The molecule has 0 aliphatic heterocycles. The molecular formula is C22H29NO5. The van der Waals surface area contributed by atoms with E-state index in [4.69, 9.17) is 18.9 Å². The predicted octanol–water partition coefficient (Wildman–Crippen LogP) is 4.14. The van der Waals surface area contributed by atoms with Gasteiger partial charge in [-0.1, -0.05) is 26.0 Å². The molecule has 1 amide bonds. The first-order chi connectivity index (χ1) is 13.6. The number of methoxy groups -OCH3 is 3. The molecule has 2 atom stereocenters. The molecule has 0 spiro atoms. The maximum Gasteiger partial charge on any atom is 0.261 e. The number of carbonyl (C=O) groups excluding carboxylic acids is 1. The fourth-order valence-electron chi connectivity index (χ4n) is 2.92. The average Bonchev–Trinajstić information content (AvgIpc) is 2.75. The minimum absolute atomic E-state index is 0.157. The minimum atomic E-state index is -0.596. The van der Waals surface area contributed by atoms with Crippen LogP contribution in [0.2, 0.25) is 0 Å². The van der Waals surface area contributed by atoms with Gasteiger partial charge in [-0.25, -0.2) is 0 Å². The summed E-state index contributed by atoms with van der Waals surface area (Å²) in [5, 5.41) is 3.08. The first-order valence-electron chi connectivity index (χ1n) is 9.39. The molecule has 0 aromatic heterocycles. The van der Waals surface area contributed by atoms with Crippen molar-refractivity contribution in [2.45, 2.75) is 38.8 Å². The van der Waals surface area contributed by atoms with Crippen LogP contribution < -0.4 is 24.3 Å². The zero-order valence-electron chi connectivity index (χ0n) is 17.2. The Labute approximate surface area is 166 Å².